The summed E-state index contributed by atoms with van der Waals surface area (Å²) in [7, 11) is 0. The van der Waals surface area contributed by atoms with E-state index in [2.05, 4.69) is 22.4 Å². The van der Waals surface area contributed by atoms with Crippen molar-refractivity contribution in [3.63, 3.8) is 0 Å². The van der Waals surface area contributed by atoms with Gasteiger partial charge >= 0.3 is 6.09 Å². The van der Waals surface area contributed by atoms with Crippen molar-refractivity contribution in [1.29, 1.82) is 0 Å². The average molecular weight is 263 g/mol. The third-order valence-electron chi connectivity index (χ3n) is 2.09. The molecule has 1 N–H and O–H groups in total. The Bertz CT molecular complexity index is 513. The number of aryl methyl sites for hydroxylation is 1. The minimum absolute atomic E-state index is 0.458. The Morgan fingerprint density at radius 2 is 2.11 bits per heavy atom. The molecule has 1 amide bonds. The van der Waals surface area contributed by atoms with Crippen molar-refractivity contribution in [1.82, 2.24) is 10.2 Å². The number of nitrogens with one attached hydrogen (secondary N) is 1. The number of rotatable bonds is 4. The Hall–Kier alpha value is -1.95. The second-order valence-corrected chi connectivity index (χ2v) is 4.64. The lowest BCUT2D eigenvalue weighted by Crippen LogP contribution is -2.16. The number of hydrogen-bond acceptors (Lipinski definition) is 5. The highest BCUT2D eigenvalue weighted by atomic mass is 32.1. The Morgan fingerprint density at radius 3 is 2.83 bits per heavy atom. The van der Waals surface area contributed by atoms with Crippen molar-refractivity contribution in [2.24, 2.45) is 0 Å². The SMILES string of the molecule is CCCc1nnc(NC(=O)Oc2ccccc2)s1. The summed E-state index contributed by atoms with van der Waals surface area (Å²) in [5.41, 5.74) is 0. The van der Waals surface area contributed by atoms with Crippen LogP contribution >= 0.6 is 11.3 Å². The van der Waals surface area contributed by atoms with Gasteiger partial charge in [-0.1, -0.05) is 36.5 Å². The third kappa shape index (κ3) is 3.53. The van der Waals surface area contributed by atoms with Crippen LogP contribution in [0.4, 0.5) is 9.93 Å². The van der Waals surface area contributed by atoms with Gasteiger partial charge in [0, 0.05) is 6.42 Å². The van der Waals surface area contributed by atoms with Crippen LogP contribution in [0.15, 0.2) is 30.3 Å². The smallest absolute Gasteiger partial charge is 0.410 e. The fourth-order valence-corrected chi connectivity index (χ4v) is 2.15. The van der Waals surface area contributed by atoms with Crippen LogP contribution in [0.3, 0.4) is 0 Å². The van der Waals surface area contributed by atoms with Gasteiger partial charge in [-0.3, -0.25) is 5.32 Å². The highest BCUT2D eigenvalue weighted by Crippen LogP contribution is 2.17. The molecule has 0 bridgehead atoms. The minimum atomic E-state index is -0.555. The zero-order valence-corrected chi connectivity index (χ0v) is 10.7. The quantitative estimate of drug-likeness (QED) is 0.920. The van der Waals surface area contributed by atoms with Crippen LogP contribution in [0, 0.1) is 0 Å². The van der Waals surface area contributed by atoms with Crippen LogP contribution < -0.4 is 10.1 Å². The van der Waals surface area contributed by atoms with Gasteiger partial charge in [0.15, 0.2) is 0 Å². The number of nitrogens with zero attached hydrogens (tertiary/aromatic N) is 2. The number of ether oxygens (including phenoxy) is 1. The highest BCUT2D eigenvalue weighted by molar-refractivity contribution is 7.15. The van der Waals surface area contributed by atoms with Crippen molar-refractivity contribution < 1.29 is 9.53 Å². The van der Waals surface area contributed by atoms with Gasteiger partial charge in [-0.25, -0.2) is 4.79 Å². The van der Waals surface area contributed by atoms with E-state index < -0.39 is 6.09 Å². The molecule has 6 heteroatoms. The molecule has 0 aliphatic rings. The van der Waals surface area contributed by atoms with Crippen molar-refractivity contribution >= 4 is 22.6 Å². The normalized spacial score (nSPS) is 10.1. The summed E-state index contributed by atoms with van der Waals surface area (Å²) >= 11 is 1.36. The summed E-state index contributed by atoms with van der Waals surface area (Å²) in [6.45, 7) is 2.07. The zero-order valence-electron chi connectivity index (χ0n) is 9.92. The van der Waals surface area contributed by atoms with Crippen LogP contribution in [0.25, 0.3) is 0 Å². The molecule has 0 saturated heterocycles. The number of aromatic nitrogens is 2. The fourth-order valence-electron chi connectivity index (χ4n) is 1.33. The Balaban J connectivity index is 1.90. The number of carbonyl (C=O) groups excluding carboxylic acids is 1. The molecule has 0 radical (unpaired) electrons. The molecule has 0 spiro atoms. The van der Waals surface area contributed by atoms with Crippen LogP contribution in [-0.2, 0) is 6.42 Å². The Labute approximate surface area is 109 Å². The first-order valence-corrected chi connectivity index (χ1v) is 6.46. The minimum Gasteiger partial charge on any atom is -0.410 e. The number of hydrogen-bond donors (Lipinski definition) is 1. The predicted molar refractivity (Wildman–Crippen MR) is 70.0 cm³/mol. The standard InChI is InChI=1S/C12H13N3O2S/c1-2-6-10-14-15-11(18-10)13-12(16)17-9-7-4-3-5-8-9/h3-5,7-8H,2,6H2,1H3,(H,13,15,16). The number of anilines is 1. The van der Waals surface area contributed by atoms with E-state index in [4.69, 9.17) is 4.74 Å². The van der Waals surface area contributed by atoms with E-state index in [0.717, 1.165) is 17.8 Å². The Kier molecular flexibility index (Phi) is 4.25. The van der Waals surface area contributed by atoms with Crippen molar-refractivity contribution in [2.75, 3.05) is 5.32 Å². The maximum atomic E-state index is 11.6. The maximum absolute atomic E-state index is 11.6. The molecule has 94 valence electrons. The highest BCUT2D eigenvalue weighted by Gasteiger charge is 2.09. The molecular formula is C12H13N3O2S. The number of benzene rings is 1. The first-order chi connectivity index (χ1) is 8.78. The summed E-state index contributed by atoms with van der Waals surface area (Å²) in [6, 6.07) is 8.87. The molecule has 0 unspecified atom stereocenters. The fraction of sp³-hybridized carbons (Fsp3) is 0.250. The zero-order chi connectivity index (χ0) is 12.8. The maximum Gasteiger partial charge on any atom is 0.418 e. The number of amides is 1. The summed E-state index contributed by atoms with van der Waals surface area (Å²) in [5, 5.41) is 11.8. The molecule has 0 aliphatic heterocycles. The first-order valence-electron chi connectivity index (χ1n) is 5.64. The van der Waals surface area contributed by atoms with E-state index in [1.165, 1.54) is 11.3 Å². The van der Waals surface area contributed by atoms with Gasteiger partial charge in [-0.2, -0.15) is 0 Å². The molecule has 0 saturated carbocycles. The van der Waals surface area contributed by atoms with Gasteiger partial charge in [0.2, 0.25) is 5.13 Å². The molecule has 1 aromatic heterocycles. The van der Waals surface area contributed by atoms with Crippen LogP contribution in [-0.4, -0.2) is 16.3 Å². The summed E-state index contributed by atoms with van der Waals surface area (Å²) in [6.07, 6.45) is 1.32. The monoisotopic (exact) mass is 263 g/mol. The predicted octanol–water partition coefficient (Wildman–Crippen LogP) is 3.10. The van der Waals surface area contributed by atoms with Gasteiger partial charge in [0.05, 0.1) is 0 Å². The lowest BCUT2D eigenvalue weighted by Gasteiger charge is -2.02. The van der Waals surface area contributed by atoms with E-state index in [0.29, 0.717) is 10.9 Å². The van der Waals surface area contributed by atoms with Gasteiger partial charge in [-0.15, -0.1) is 10.2 Å². The van der Waals surface area contributed by atoms with Gasteiger partial charge < -0.3 is 4.74 Å². The van der Waals surface area contributed by atoms with E-state index in [1.54, 1.807) is 24.3 Å². The molecule has 2 rings (SSSR count). The second kappa shape index (κ2) is 6.11. The molecule has 0 aliphatic carbocycles. The molecule has 2 aromatic rings. The molecule has 0 atom stereocenters. The van der Waals surface area contributed by atoms with Gasteiger partial charge in [-0.05, 0) is 18.6 Å². The summed E-state index contributed by atoms with van der Waals surface area (Å²) < 4.78 is 5.08. The van der Waals surface area contributed by atoms with Crippen LogP contribution in [0.5, 0.6) is 5.75 Å². The lowest BCUT2D eigenvalue weighted by atomic mass is 10.3. The molecule has 5 nitrogen and oxygen atoms in total. The lowest BCUT2D eigenvalue weighted by molar-refractivity contribution is 0.215. The largest absolute Gasteiger partial charge is 0.418 e. The first kappa shape index (κ1) is 12.5. The molecule has 1 heterocycles. The molecule has 18 heavy (non-hydrogen) atoms. The van der Waals surface area contributed by atoms with E-state index in [1.807, 2.05) is 6.07 Å². The van der Waals surface area contributed by atoms with Gasteiger partial charge in [0.25, 0.3) is 0 Å². The second-order valence-electron chi connectivity index (χ2n) is 3.58. The third-order valence-corrected chi connectivity index (χ3v) is 2.99. The van der Waals surface area contributed by atoms with E-state index in [9.17, 15) is 4.79 Å². The van der Waals surface area contributed by atoms with Crippen LogP contribution in [0.1, 0.15) is 18.4 Å². The molecular weight excluding hydrogens is 250 g/mol. The summed E-state index contributed by atoms with van der Waals surface area (Å²) in [5.74, 6) is 0.494. The number of carbonyl (C=O) groups is 1. The van der Waals surface area contributed by atoms with Crippen LogP contribution in [0.2, 0.25) is 0 Å². The van der Waals surface area contributed by atoms with E-state index >= 15 is 0 Å². The van der Waals surface area contributed by atoms with Crippen molar-refractivity contribution in [3.05, 3.63) is 35.3 Å². The number of para-hydroxylation sites is 1. The Morgan fingerprint density at radius 1 is 1.33 bits per heavy atom. The molecule has 0 fully saturated rings. The molecule has 1 aromatic carbocycles. The topological polar surface area (TPSA) is 64.1 Å². The van der Waals surface area contributed by atoms with Crippen molar-refractivity contribution in [2.45, 2.75) is 19.8 Å². The van der Waals surface area contributed by atoms with E-state index in [-0.39, 0.29) is 0 Å². The van der Waals surface area contributed by atoms with Crippen molar-refractivity contribution in [3.8, 4) is 5.75 Å². The van der Waals surface area contributed by atoms with Gasteiger partial charge in [0.1, 0.15) is 10.8 Å². The average Bonchev–Trinajstić information content (AvgIpc) is 2.78. The summed E-state index contributed by atoms with van der Waals surface area (Å²) in [4.78, 5) is 11.6.